The van der Waals surface area contributed by atoms with E-state index in [0.29, 0.717) is 34.5 Å². The maximum absolute atomic E-state index is 13.1. The van der Waals surface area contributed by atoms with E-state index in [-0.39, 0.29) is 18.2 Å². The topological polar surface area (TPSA) is 88.9 Å². The maximum atomic E-state index is 13.1. The Morgan fingerprint density at radius 3 is 2.77 bits per heavy atom. The van der Waals surface area contributed by atoms with E-state index >= 15 is 0 Å². The van der Waals surface area contributed by atoms with Crippen LogP contribution in [-0.2, 0) is 17.8 Å². The van der Waals surface area contributed by atoms with Crippen LogP contribution in [0.1, 0.15) is 21.5 Å². The van der Waals surface area contributed by atoms with Gasteiger partial charge in [0.1, 0.15) is 5.82 Å². The molecule has 2 amide bonds. The van der Waals surface area contributed by atoms with Crippen LogP contribution in [0.25, 0.3) is 11.0 Å². The van der Waals surface area contributed by atoms with Crippen LogP contribution < -0.4 is 10.6 Å². The third-order valence-electron chi connectivity index (χ3n) is 5.03. The summed E-state index contributed by atoms with van der Waals surface area (Å²) in [6.07, 6.45) is 1.64. The molecule has 0 unspecified atom stereocenters. The number of hydrogen-bond acceptors (Lipinski definition) is 4. The standard InChI is InChI=1S/C22H16ClN5O2/c23-14-7-5-13(6-8-14)12-28-18-4-2-1-3-17(18)25-22(28)27-21(30)15-9-10-24-20-16(15)11-19(29)26-20/h1-10H,11-12H2,(H,24,26,29)(H,25,27,30). The summed E-state index contributed by atoms with van der Waals surface area (Å²) in [5.74, 6) is 0.354. The quantitative estimate of drug-likeness (QED) is 0.527. The normalized spacial score (nSPS) is 12.6. The largest absolute Gasteiger partial charge is 0.310 e. The Bertz CT molecular complexity index is 1300. The number of halogens is 1. The number of para-hydroxylation sites is 2. The predicted molar refractivity (Wildman–Crippen MR) is 115 cm³/mol. The Morgan fingerprint density at radius 2 is 1.93 bits per heavy atom. The molecule has 3 heterocycles. The number of carbonyl (C=O) groups is 2. The molecule has 0 bridgehead atoms. The van der Waals surface area contributed by atoms with Gasteiger partial charge in [-0.25, -0.2) is 9.97 Å². The number of imidazole rings is 1. The molecular formula is C22H16ClN5O2. The summed E-state index contributed by atoms with van der Waals surface area (Å²) in [6, 6.07) is 16.8. The highest BCUT2D eigenvalue weighted by Gasteiger charge is 2.25. The van der Waals surface area contributed by atoms with Crippen LogP contribution in [0.3, 0.4) is 0 Å². The number of hydrogen-bond donors (Lipinski definition) is 2. The van der Waals surface area contributed by atoms with Crippen molar-refractivity contribution in [2.75, 3.05) is 10.6 Å². The van der Waals surface area contributed by atoms with Gasteiger partial charge in [-0.15, -0.1) is 0 Å². The first kappa shape index (κ1) is 18.3. The van der Waals surface area contributed by atoms with E-state index in [1.54, 1.807) is 6.07 Å². The summed E-state index contributed by atoms with van der Waals surface area (Å²) in [5, 5.41) is 6.24. The molecule has 1 aliphatic rings. The Kier molecular flexibility index (Phi) is 4.44. The number of fused-ring (bicyclic) bond motifs is 2. The van der Waals surface area contributed by atoms with Crippen LogP contribution >= 0.6 is 11.6 Å². The average Bonchev–Trinajstić information content (AvgIpc) is 3.29. The van der Waals surface area contributed by atoms with Crippen molar-refractivity contribution in [1.82, 2.24) is 14.5 Å². The van der Waals surface area contributed by atoms with Crippen molar-refractivity contribution in [3.63, 3.8) is 0 Å². The summed E-state index contributed by atoms with van der Waals surface area (Å²) < 4.78 is 1.95. The molecule has 0 atom stereocenters. The molecule has 30 heavy (non-hydrogen) atoms. The number of carbonyl (C=O) groups excluding carboxylic acids is 2. The molecule has 2 N–H and O–H groups in total. The molecule has 1 aliphatic heterocycles. The van der Waals surface area contributed by atoms with Crippen molar-refractivity contribution in [3.8, 4) is 0 Å². The SMILES string of the molecule is O=C1Cc2c(C(=O)Nc3nc4ccccc4n3Cc3ccc(Cl)cc3)ccnc2N1. The summed E-state index contributed by atoms with van der Waals surface area (Å²) in [4.78, 5) is 33.5. The molecule has 0 saturated carbocycles. The van der Waals surface area contributed by atoms with Gasteiger partial charge in [-0.05, 0) is 35.9 Å². The van der Waals surface area contributed by atoms with Gasteiger partial charge in [0.05, 0.1) is 24.0 Å². The summed E-state index contributed by atoms with van der Waals surface area (Å²) in [7, 11) is 0. The predicted octanol–water partition coefficient (Wildman–Crippen LogP) is 3.88. The lowest BCUT2D eigenvalue weighted by atomic mass is 10.1. The number of anilines is 2. The van der Waals surface area contributed by atoms with Crippen LogP contribution in [0.5, 0.6) is 0 Å². The maximum Gasteiger partial charge on any atom is 0.258 e. The van der Waals surface area contributed by atoms with Crippen LogP contribution in [0.2, 0.25) is 5.02 Å². The zero-order chi connectivity index (χ0) is 20.7. The van der Waals surface area contributed by atoms with E-state index in [0.717, 1.165) is 16.6 Å². The number of nitrogens with one attached hydrogen (secondary N) is 2. The van der Waals surface area contributed by atoms with Crippen molar-refractivity contribution in [3.05, 3.63) is 82.5 Å². The molecule has 0 spiro atoms. The van der Waals surface area contributed by atoms with Gasteiger partial charge in [-0.2, -0.15) is 0 Å². The first-order valence-electron chi connectivity index (χ1n) is 9.37. The minimum atomic E-state index is -0.335. The van der Waals surface area contributed by atoms with Crippen LogP contribution in [-0.4, -0.2) is 26.3 Å². The van der Waals surface area contributed by atoms with Crippen molar-refractivity contribution in [1.29, 1.82) is 0 Å². The van der Waals surface area contributed by atoms with Crippen LogP contribution in [0.4, 0.5) is 11.8 Å². The fourth-order valence-corrected chi connectivity index (χ4v) is 3.73. The van der Waals surface area contributed by atoms with Gasteiger partial charge in [0.25, 0.3) is 5.91 Å². The molecule has 2 aromatic carbocycles. The number of nitrogens with zero attached hydrogens (tertiary/aromatic N) is 3. The van der Waals surface area contributed by atoms with Crippen LogP contribution in [0, 0.1) is 0 Å². The highest BCUT2D eigenvalue weighted by molar-refractivity contribution is 6.30. The minimum Gasteiger partial charge on any atom is -0.310 e. The second-order valence-electron chi connectivity index (χ2n) is 7.00. The van der Waals surface area contributed by atoms with Gasteiger partial charge >= 0.3 is 0 Å². The van der Waals surface area contributed by atoms with Crippen molar-refractivity contribution in [2.24, 2.45) is 0 Å². The van der Waals surface area contributed by atoms with Gasteiger partial charge in [-0.1, -0.05) is 35.9 Å². The molecule has 148 valence electrons. The molecule has 4 aromatic rings. The Morgan fingerprint density at radius 1 is 1.13 bits per heavy atom. The fraction of sp³-hybridized carbons (Fsp3) is 0.0909. The van der Waals surface area contributed by atoms with Crippen molar-refractivity contribution < 1.29 is 9.59 Å². The Balaban J connectivity index is 1.52. The smallest absolute Gasteiger partial charge is 0.258 e. The van der Waals surface area contributed by atoms with E-state index in [4.69, 9.17) is 11.6 Å². The number of benzene rings is 2. The number of rotatable bonds is 4. The van der Waals surface area contributed by atoms with E-state index in [2.05, 4.69) is 20.6 Å². The number of aromatic nitrogens is 3. The molecule has 0 radical (unpaired) electrons. The van der Waals surface area contributed by atoms with E-state index < -0.39 is 0 Å². The molecule has 2 aromatic heterocycles. The molecule has 5 rings (SSSR count). The molecule has 8 heteroatoms. The number of amides is 2. The lowest BCUT2D eigenvalue weighted by Gasteiger charge is -2.11. The minimum absolute atomic E-state index is 0.132. The van der Waals surface area contributed by atoms with Gasteiger partial charge in [0.2, 0.25) is 11.9 Å². The second kappa shape index (κ2) is 7.27. The monoisotopic (exact) mass is 417 g/mol. The van der Waals surface area contributed by atoms with Crippen LogP contribution in [0.15, 0.2) is 60.8 Å². The third kappa shape index (κ3) is 3.29. The first-order chi connectivity index (χ1) is 14.6. The van der Waals surface area contributed by atoms with Gasteiger partial charge in [0, 0.05) is 22.3 Å². The number of pyridine rings is 1. The molecule has 0 fully saturated rings. The second-order valence-corrected chi connectivity index (χ2v) is 7.44. The van der Waals surface area contributed by atoms with Crippen molar-refractivity contribution in [2.45, 2.75) is 13.0 Å². The highest BCUT2D eigenvalue weighted by Crippen LogP contribution is 2.26. The molecule has 0 aliphatic carbocycles. The fourth-order valence-electron chi connectivity index (χ4n) is 3.60. The average molecular weight is 418 g/mol. The lowest BCUT2D eigenvalue weighted by Crippen LogP contribution is -2.18. The lowest BCUT2D eigenvalue weighted by molar-refractivity contribution is -0.115. The summed E-state index contributed by atoms with van der Waals surface area (Å²) >= 11 is 6.00. The molecular weight excluding hydrogens is 402 g/mol. The van der Waals surface area contributed by atoms with E-state index in [9.17, 15) is 9.59 Å². The third-order valence-corrected chi connectivity index (χ3v) is 5.28. The summed E-state index contributed by atoms with van der Waals surface area (Å²) in [6.45, 7) is 0.516. The first-order valence-corrected chi connectivity index (χ1v) is 9.75. The highest BCUT2D eigenvalue weighted by atomic mass is 35.5. The van der Waals surface area contributed by atoms with Gasteiger partial charge < -0.3 is 9.88 Å². The zero-order valence-electron chi connectivity index (χ0n) is 15.7. The van der Waals surface area contributed by atoms with Gasteiger partial charge in [-0.3, -0.25) is 14.9 Å². The van der Waals surface area contributed by atoms with Gasteiger partial charge in [0.15, 0.2) is 0 Å². The van der Waals surface area contributed by atoms with Crippen molar-refractivity contribution >= 4 is 46.2 Å². The summed E-state index contributed by atoms with van der Waals surface area (Å²) in [5.41, 5.74) is 3.71. The van der Waals surface area contributed by atoms with E-state index in [1.807, 2.05) is 53.1 Å². The Hall–Kier alpha value is -3.71. The molecule has 0 saturated heterocycles. The zero-order valence-corrected chi connectivity index (χ0v) is 16.5. The van der Waals surface area contributed by atoms with E-state index in [1.165, 1.54) is 6.20 Å². The Labute approximate surface area is 176 Å². The molecule has 7 nitrogen and oxygen atoms in total.